The van der Waals surface area contributed by atoms with E-state index in [0.29, 0.717) is 24.1 Å². The third kappa shape index (κ3) is 5.45. The second-order valence-corrected chi connectivity index (χ2v) is 7.33. The second-order valence-electron chi connectivity index (χ2n) is 6.20. The van der Waals surface area contributed by atoms with Gasteiger partial charge in [-0.3, -0.25) is 0 Å². The molecule has 10 heteroatoms. The van der Waals surface area contributed by atoms with E-state index in [4.69, 9.17) is 16.3 Å². The Bertz CT molecular complexity index is 777. The van der Waals surface area contributed by atoms with Crippen LogP contribution in [0.25, 0.3) is 0 Å². The van der Waals surface area contributed by atoms with Gasteiger partial charge in [-0.25, -0.2) is 15.0 Å². The SMILES string of the molecule is CCNC(=NCCOc1ncccc1Cl)N1CCN(c2nc(CC)ns2)CC1. The first-order valence-electron chi connectivity index (χ1n) is 9.55. The molecule has 0 radical (unpaired) electrons. The van der Waals surface area contributed by atoms with Crippen LogP contribution in [0.2, 0.25) is 5.02 Å². The molecule has 0 unspecified atom stereocenters. The summed E-state index contributed by atoms with van der Waals surface area (Å²) in [4.78, 5) is 18.0. The summed E-state index contributed by atoms with van der Waals surface area (Å²) in [5.74, 6) is 2.27. The minimum atomic E-state index is 0.427. The Labute approximate surface area is 174 Å². The van der Waals surface area contributed by atoms with Gasteiger partial charge in [-0.1, -0.05) is 18.5 Å². The molecule has 1 saturated heterocycles. The van der Waals surface area contributed by atoms with Gasteiger partial charge in [0.05, 0.1) is 6.54 Å². The van der Waals surface area contributed by atoms with Crippen molar-refractivity contribution in [2.24, 2.45) is 4.99 Å². The molecule has 0 amide bonds. The molecule has 0 aromatic carbocycles. The number of aromatic nitrogens is 3. The van der Waals surface area contributed by atoms with Crippen LogP contribution in [0.1, 0.15) is 19.7 Å². The van der Waals surface area contributed by atoms with Crippen LogP contribution >= 0.6 is 23.1 Å². The molecule has 8 nitrogen and oxygen atoms in total. The number of pyridine rings is 1. The molecule has 28 heavy (non-hydrogen) atoms. The summed E-state index contributed by atoms with van der Waals surface area (Å²) < 4.78 is 10.0. The first-order chi connectivity index (χ1) is 13.7. The van der Waals surface area contributed by atoms with Crippen LogP contribution in [0.4, 0.5) is 5.13 Å². The van der Waals surface area contributed by atoms with E-state index in [9.17, 15) is 0 Å². The average molecular weight is 424 g/mol. The number of aryl methyl sites for hydroxylation is 1. The highest BCUT2D eigenvalue weighted by atomic mass is 35.5. The molecule has 1 aliphatic rings. The summed E-state index contributed by atoms with van der Waals surface area (Å²) in [5.41, 5.74) is 0. The summed E-state index contributed by atoms with van der Waals surface area (Å²) in [7, 11) is 0. The van der Waals surface area contributed by atoms with Gasteiger partial charge in [0, 0.05) is 56.9 Å². The first-order valence-corrected chi connectivity index (χ1v) is 10.7. The molecule has 0 atom stereocenters. The minimum absolute atomic E-state index is 0.427. The zero-order chi connectivity index (χ0) is 19.8. The number of aliphatic imine (C=N–C) groups is 1. The molecule has 1 aliphatic heterocycles. The van der Waals surface area contributed by atoms with Crippen LogP contribution in [0.15, 0.2) is 23.3 Å². The van der Waals surface area contributed by atoms with Gasteiger partial charge in [-0.15, -0.1) is 0 Å². The predicted octanol–water partition coefficient (Wildman–Crippen LogP) is 2.32. The van der Waals surface area contributed by atoms with Gasteiger partial charge in [0.1, 0.15) is 17.5 Å². The molecule has 0 aliphatic carbocycles. The topological polar surface area (TPSA) is 78.8 Å². The Kier molecular flexibility index (Phi) is 7.67. The van der Waals surface area contributed by atoms with Gasteiger partial charge in [-0.05, 0) is 19.1 Å². The number of halogens is 1. The fourth-order valence-corrected chi connectivity index (χ4v) is 3.80. The number of nitrogens with zero attached hydrogens (tertiary/aromatic N) is 6. The van der Waals surface area contributed by atoms with Crippen LogP contribution in [-0.2, 0) is 6.42 Å². The Hall–Kier alpha value is -2.13. The second kappa shape index (κ2) is 10.4. The lowest BCUT2D eigenvalue weighted by molar-refractivity contribution is 0.313. The summed E-state index contributed by atoms with van der Waals surface area (Å²) in [6, 6.07) is 3.54. The van der Waals surface area contributed by atoms with E-state index in [2.05, 4.69) is 48.3 Å². The standard InChI is InChI=1S/C18H26ClN7OS/c1-3-15-23-18(28-24-15)26-11-9-25(10-12-26)17(20-4-2)22-8-13-27-16-14(19)6-5-7-21-16/h5-7H,3-4,8-13H2,1-2H3,(H,20,22). The maximum atomic E-state index is 6.05. The third-order valence-electron chi connectivity index (χ3n) is 4.27. The van der Waals surface area contributed by atoms with Gasteiger partial charge in [0.15, 0.2) is 5.96 Å². The molecular weight excluding hydrogens is 398 g/mol. The van der Waals surface area contributed by atoms with E-state index < -0.39 is 0 Å². The number of piperazine rings is 1. The number of hydrogen-bond acceptors (Lipinski definition) is 7. The zero-order valence-corrected chi connectivity index (χ0v) is 17.8. The summed E-state index contributed by atoms with van der Waals surface area (Å²) in [5, 5.41) is 4.89. The molecule has 0 bridgehead atoms. The quantitative estimate of drug-likeness (QED) is 0.416. The lowest BCUT2D eigenvalue weighted by Gasteiger charge is -2.36. The van der Waals surface area contributed by atoms with E-state index in [0.717, 1.165) is 56.1 Å². The van der Waals surface area contributed by atoms with Crippen LogP contribution in [0, 0.1) is 0 Å². The molecule has 2 aromatic heterocycles. The van der Waals surface area contributed by atoms with Crippen molar-refractivity contribution in [3.05, 3.63) is 29.2 Å². The molecule has 1 N–H and O–H groups in total. The van der Waals surface area contributed by atoms with Crippen LogP contribution in [0.5, 0.6) is 5.88 Å². The first kappa shape index (κ1) is 20.6. The van der Waals surface area contributed by atoms with E-state index in [1.165, 1.54) is 11.5 Å². The fraction of sp³-hybridized carbons (Fsp3) is 0.556. The highest BCUT2D eigenvalue weighted by Crippen LogP contribution is 2.20. The van der Waals surface area contributed by atoms with Gasteiger partial charge >= 0.3 is 0 Å². The van der Waals surface area contributed by atoms with E-state index >= 15 is 0 Å². The summed E-state index contributed by atoms with van der Waals surface area (Å²) in [6.45, 7) is 9.52. The van der Waals surface area contributed by atoms with Crippen LogP contribution < -0.4 is 15.0 Å². The van der Waals surface area contributed by atoms with Gasteiger partial charge in [0.25, 0.3) is 0 Å². The van der Waals surface area contributed by atoms with Crippen molar-refractivity contribution in [2.75, 3.05) is 50.8 Å². The van der Waals surface area contributed by atoms with Gasteiger partial charge in [-0.2, -0.15) is 4.37 Å². The maximum Gasteiger partial charge on any atom is 0.232 e. The van der Waals surface area contributed by atoms with Crippen molar-refractivity contribution in [3.8, 4) is 5.88 Å². The molecule has 0 spiro atoms. The fourth-order valence-electron chi connectivity index (χ4n) is 2.82. The third-order valence-corrected chi connectivity index (χ3v) is 5.38. The van der Waals surface area contributed by atoms with Crippen molar-refractivity contribution in [1.29, 1.82) is 0 Å². The van der Waals surface area contributed by atoms with Crippen molar-refractivity contribution in [3.63, 3.8) is 0 Å². The Morgan fingerprint density at radius 2 is 2.14 bits per heavy atom. The van der Waals surface area contributed by atoms with Gasteiger partial charge < -0.3 is 19.9 Å². The Morgan fingerprint density at radius 3 is 2.82 bits per heavy atom. The predicted molar refractivity (Wildman–Crippen MR) is 114 cm³/mol. The van der Waals surface area contributed by atoms with Crippen molar-refractivity contribution < 1.29 is 4.74 Å². The number of hydrogen-bond donors (Lipinski definition) is 1. The molecule has 3 heterocycles. The number of anilines is 1. The van der Waals surface area contributed by atoms with Gasteiger partial charge in [0.2, 0.25) is 11.0 Å². The van der Waals surface area contributed by atoms with Crippen LogP contribution in [0.3, 0.4) is 0 Å². The lowest BCUT2D eigenvalue weighted by Crippen LogP contribution is -2.52. The normalized spacial score (nSPS) is 15.0. The van der Waals surface area contributed by atoms with Crippen molar-refractivity contribution in [1.82, 2.24) is 24.6 Å². The summed E-state index contributed by atoms with van der Waals surface area (Å²) in [6.07, 6.45) is 2.54. The van der Waals surface area contributed by atoms with Crippen LogP contribution in [-0.4, -0.2) is 71.1 Å². The lowest BCUT2D eigenvalue weighted by atomic mass is 10.3. The van der Waals surface area contributed by atoms with E-state index in [-0.39, 0.29) is 0 Å². The monoisotopic (exact) mass is 423 g/mol. The molecule has 2 aromatic rings. The smallest absolute Gasteiger partial charge is 0.232 e. The largest absolute Gasteiger partial charge is 0.475 e. The molecular formula is C18H26ClN7OS. The number of rotatable bonds is 7. The summed E-state index contributed by atoms with van der Waals surface area (Å²) >= 11 is 7.54. The highest BCUT2D eigenvalue weighted by molar-refractivity contribution is 7.09. The minimum Gasteiger partial charge on any atom is -0.475 e. The molecule has 1 fully saturated rings. The zero-order valence-electron chi connectivity index (χ0n) is 16.3. The van der Waals surface area contributed by atoms with E-state index in [1.807, 2.05) is 0 Å². The molecule has 0 saturated carbocycles. The van der Waals surface area contributed by atoms with Crippen molar-refractivity contribution >= 4 is 34.2 Å². The molecule has 3 rings (SSSR count). The molecule has 152 valence electrons. The van der Waals surface area contributed by atoms with E-state index in [1.54, 1.807) is 18.3 Å². The number of ether oxygens (including phenoxy) is 1. The Balaban J connectivity index is 1.51. The Morgan fingerprint density at radius 1 is 1.32 bits per heavy atom. The highest BCUT2D eigenvalue weighted by Gasteiger charge is 2.22. The number of guanidine groups is 1. The average Bonchev–Trinajstić information content (AvgIpc) is 3.21. The van der Waals surface area contributed by atoms with Crippen molar-refractivity contribution in [2.45, 2.75) is 20.3 Å². The number of nitrogens with one attached hydrogen (secondary N) is 1. The maximum absolute atomic E-state index is 6.05.